The molecular weight excluding hydrogens is 316 g/mol. The first-order chi connectivity index (χ1) is 9.75. The maximum atomic E-state index is 12.3. The standard InChI is InChI=1S/C17H11BrO2/c18-15-10-3-4-11-16(15)20-17(19)14-9-5-7-12-6-1-2-8-13(12)14/h1-11H. The van der Waals surface area contributed by atoms with Crippen molar-refractivity contribution >= 4 is 32.7 Å². The summed E-state index contributed by atoms with van der Waals surface area (Å²) in [6, 6.07) is 20.7. The van der Waals surface area contributed by atoms with E-state index in [1.807, 2.05) is 54.6 Å². The van der Waals surface area contributed by atoms with E-state index in [9.17, 15) is 4.79 Å². The lowest BCUT2D eigenvalue weighted by Gasteiger charge is -2.08. The first-order valence-electron chi connectivity index (χ1n) is 6.20. The number of esters is 1. The second kappa shape index (κ2) is 5.47. The Morgan fingerprint density at radius 2 is 1.55 bits per heavy atom. The molecule has 0 aliphatic carbocycles. The molecule has 3 rings (SSSR count). The van der Waals surface area contributed by atoms with Gasteiger partial charge in [0.15, 0.2) is 0 Å². The average molecular weight is 327 g/mol. The molecule has 0 saturated carbocycles. The third kappa shape index (κ3) is 2.45. The molecule has 98 valence electrons. The van der Waals surface area contributed by atoms with E-state index in [1.165, 1.54) is 0 Å². The lowest BCUT2D eigenvalue weighted by molar-refractivity contribution is 0.0735. The van der Waals surface area contributed by atoms with E-state index >= 15 is 0 Å². The van der Waals surface area contributed by atoms with E-state index in [-0.39, 0.29) is 5.97 Å². The third-order valence-electron chi connectivity index (χ3n) is 3.05. The Morgan fingerprint density at radius 1 is 0.850 bits per heavy atom. The number of ether oxygens (including phenoxy) is 1. The predicted octanol–water partition coefficient (Wildman–Crippen LogP) is 4.82. The Balaban J connectivity index is 1.99. The van der Waals surface area contributed by atoms with Crippen molar-refractivity contribution in [2.24, 2.45) is 0 Å². The monoisotopic (exact) mass is 326 g/mol. The van der Waals surface area contributed by atoms with Crippen LogP contribution in [0.5, 0.6) is 5.75 Å². The molecule has 3 aromatic carbocycles. The van der Waals surface area contributed by atoms with Crippen molar-refractivity contribution in [2.45, 2.75) is 0 Å². The van der Waals surface area contributed by atoms with Gasteiger partial charge >= 0.3 is 5.97 Å². The van der Waals surface area contributed by atoms with Gasteiger partial charge in [-0.15, -0.1) is 0 Å². The lowest BCUT2D eigenvalue weighted by Crippen LogP contribution is -2.09. The van der Waals surface area contributed by atoms with Gasteiger partial charge in [0.05, 0.1) is 10.0 Å². The molecule has 0 aromatic heterocycles. The summed E-state index contributed by atoms with van der Waals surface area (Å²) in [5.74, 6) is 0.166. The van der Waals surface area contributed by atoms with Gasteiger partial charge in [0, 0.05) is 0 Å². The first kappa shape index (κ1) is 12.9. The molecule has 0 unspecified atom stereocenters. The zero-order valence-corrected chi connectivity index (χ0v) is 12.1. The summed E-state index contributed by atoms with van der Waals surface area (Å²) in [6.07, 6.45) is 0. The van der Waals surface area contributed by atoms with Crippen LogP contribution in [-0.4, -0.2) is 5.97 Å². The van der Waals surface area contributed by atoms with Crippen LogP contribution in [0.1, 0.15) is 10.4 Å². The Morgan fingerprint density at radius 3 is 2.40 bits per heavy atom. The van der Waals surface area contributed by atoms with Gasteiger partial charge in [-0.1, -0.05) is 48.5 Å². The van der Waals surface area contributed by atoms with Crippen molar-refractivity contribution in [3.63, 3.8) is 0 Å². The number of hydrogen-bond donors (Lipinski definition) is 0. The van der Waals surface area contributed by atoms with Crippen LogP contribution in [0.4, 0.5) is 0 Å². The minimum atomic E-state index is -0.353. The van der Waals surface area contributed by atoms with Gasteiger partial charge in [-0.2, -0.15) is 0 Å². The fourth-order valence-electron chi connectivity index (χ4n) is 2.09. The average Bonchev–Trinajstić information content (AvgIpc) is 2.49. The molecule has 0 heterocycles. The summed E-state index contributed by atoms with van der Waals surface area (Å²) in [4.78, 5) is 12.3. The molecule has 0 bridgehead atoms. The van der Waals surface area contributed by atoms with Gasteiger partial charge < -0.3 is 4.74 Å². The van der Waals surface area contributed by atoms with Crippen LogP contribution in [-0.2, 0) is 0 Å². The minimum Gasteiger partial charge on any atom is -0.422 e. The largest absolute Gasteiger partial charge is 0.422 e. The number of benzene rings is 3. The highest BCUT2D eigenvalue weighted by Gasteiger charge is 2.13. The molecule has 20 heavy (non-hydrogen) atoms. The zero-order chi connectivity index (χ0) is 13.9. The summed E-state index contributed by atoms with van der Waals surface area (Å²) in [5, 5.41) is 1.92. The molecule has 0 aliphatic rings. The normalized spacial score (nSPS) is 10.4. The molecule has 0 aliphatic heterocycles. The van der Waals surface area contributed by atoms with Crippen molar-refractivity contribution in [3.8, 4) is 5.75 Å². The summed E-state index contributed by atoms with van der Waals surface area (Å²) >= 11 is 3.37. The molecule has 0 spiro atoms. The molecule has 0 amide bonds. The SMILES string of the molecule is O=C(Oc1ccccc1Br)c1cccc2ccccc12. The van der Waals surface area contributed by atoms with Crippen molar-refractivity contribution < 1.29 is 9.53 Å². The van der Waals surface area contributed by atoms with Crippen LogP contribution >= 0.6 is 15.9 Å². The van der Waals surface area contributed by atoms with Crippen LogP contribution < -0.4 is 4.74 Å². The molecule has 0 N–H and O–H groups in total. The van der Waals surface area contributed by atoms with Crippen molar-refractivity contribution in [1.82, 2.24) is 0 Å². The van der Waals surface area contributed by atoms with Crippen LogP contribution in [0.3, 0.4) is 0 Å². The smallest absolute Gasteiger partial charge is 0.344 e. The Hall–Kier alpha value is -2.13. The van der Waals surface area contributed by atoms with Gasteiger partial charge in [-0.05, 0) is 44.9 Å². The summed E-state index contributed by atoms with van der Waals surface area (Å²) in [5.41, 5.74) is 0.568. The maximum Gasteiger partial charge on any atom is 0.344 e. The van der Waals surface area contributed by atoms with E-state index in [2.05, 4.69) is 15.9 Å². The highest BCUT2D eigenvalue weighted by Crippen LogP contribution is 2.26. The highest BCUT2D eigenvalue weighted by atomic mass is 79.9. The molecule has 0 atom stereocenters. The zero-order valence-electron chi connectivity index (χ0n) is 10.5. The Bertz CT molecular complexity index is 775. The number of fused-ring (bicyclic) bond motifs is 1. The minimum absolute atomic E-state index is 0.353. The molecule has 0 radical (unpaired) electrons. The number of rotatable bonds is 2. The van der Waals surface area contributed by atoms with Crippen LogP contribution in [0.25, 0.3) is 10.8 Å². The van der Waals surface area contributed by atoms with Crippen LogP contribution in [0, 0.1) is 0 Å². The molecule has 0 fully saturated rings. The van der Waals surface area contributed by atoms with E-state index in [1.54, 1.807) is 12.1 Å². The first-order valence-corrected chi connectivity index (χ1v) is 6.99. The second-order valence-corrected chi connectivity index (χ2v) is 5.20. The Kier molecular flexibility index (Phi) is 3.52. The fourth-order valence-corrected chi connectivity index (χ4v) is 2.45. The predicted molar refractivity (Wildman–Crippen MR) is 83.0 cm³/mol. The highest BCUT2D eigenvalue weighted by molar-refractivity contribution is 9.10. The van der Waals surface area contributed by atoms with Crippen LogP contribution in [0.15, 0.2) is 71.2 Å². The molecule has 0 saturated heterocycles. The van der Waals surface area contributed by atoms with Gasteiger partial charge in [-0.3, -0.25) is 0 Å². The molecular formula is C17H11BrO2. The van der Waals surface area contributed by atoms with E-state index in [4.69, 9.17) is 4.74 Å². The van der Waals surface area contributed by atoms with E-state index in [0.29, 0.717) is 11.3 Å². The van der Waals surface area contributed by atoms with Gasteiger partial charge in [0.25, 0.3) is 0 Å². The maximum absolute atomic E-state index is 12.3. The van der Waals surface area contributed by atoms with E-state index in [0.717, 1.165) is 15.2 Å². The van der Waals surface area contributed by atoms with Gasteiger partial charge in [-0.25, -0.2) is 4.79 Å². The summed E-state index contributed by atoms with van der Waals surface area (Å²) in [7, 11) is 0. The van der Waals surface area contributed by atoms with Gasteiger partial charge in [0.2, 0.25) is 0 Å². The topological polar surface area (TPSA) is 26.3 Å². The number of carbonyl (C=O) groups is 1. The number of halogens is 1. The fraction of sp³-hybridized carbons (Fsp3) is 0. The second-order valence-electron chi connectivity index (χ2n) is 4.35. The molecule has 3 heteroatoms. The lowest BCUT2D eigenvalue weighted by atomic mass is 10.0. The Labute approximate surface area is 125 Å². The summed E-state index contributed by atoms with van der Waals surface area (Å²) < 4.78 is 6.21. The van der Waals surface area contributed by atoms with E-state index < -0.39 is 0 Å². The quantitative estimate of drug-likeness (QED) is 0.498. The molecule has 2 nitrogen and oxygen atoms in total. The number of para-hydroxylation sites is 1. The summed E-state index contributed by atoms with van der Waals surface area (Å²) in [6.45, 7) is 0. The van der Waals surface area contributed by atoms with Gasteiger partial charge in [0.1, 0.15) is 5.75 Å². The molecule has 3 aromatic rings. The van der Waals surface area contributed by atoms with Crippen LogP contribution in [0.2, 0.25) is 0 Å². The van der Waals surface area contributed by atoms with Crippen molar-refractivity contribution in [3.05, 3.63) is 76.8 Å². The number of carbonyl (C=O) groups excluding carboxylic acids is 1. The number of hydrogen-bond acceptors (Lipinski definition) is 2. The third-order valence-corrected chi connectivity index (χ3v) is 3.70. The van der Waals surface area contributed by atoms with Crippen molar-refractivity contribution in [2.75, 3.05) is 0 Å². The van der Waals surface area contributed by atoms with Crippen molar-refractivity contribution in [1.29, 1.82) is 0 Å².